The summed E-state index contributed by atoms with van der Waals surface area (Å²) in [6, 6.07) is 8.34. The Morgan fingerprint density at radius 2 is 1.97 bits per heavy atom. The van der Waals surface area contributed by atoms with E-state index in [4.69, 9.17) is 4.63 Å². The number of piperidine rings is 1. The highest BCUT2D eigenvalue weighted by atomic mass is 16.6. The van der Waals surface area contributed by atoms with Gasteiger partial charge in [0.15, 0.2) is 0 Å². The molecule has 1 saturated heterocycles. The Morgan fingerprint density at radius 1 is 1.17 bits per heavy atom. The van der Waals surface area contributed by atoms with Crippen LogP contribution in [0.25, 0.3) is 0 Å². The second-order valence-electron chi connectivity index (χ2n) is 7.03. The van der Waals surface area contributed by atoms with Gasteiger partial charge in [-0.05, 0) is 44.0 Å². The van der Waals surface area contributed by atoms with Crippen LogP contribution < -0.4 is 15.5 Å². The Morgan fingerprint density at radius 3 is 2.62 bits per heavy atom. The molecule has 4 rings (SSSR count). The van der Waals surface area contributed by atoms with E-state index in [1.807, 2.05) is 31.2 Å². The molecule has 0 atom stereocenters. The van der Waals surface area contributed by atoms with Gasteiger partial charge in [-0.3, -0.25) is 9.78 Å². The highest BCUT2D eigenvalue weighted by Gasteiger charge is 2.20. The Bertz CT molecular complexity index is 935. The summed E-state index contributed by atoms with van der Waals surface area (Å²) in [6.07, 6.45) is 6.59. The number of carbonyl (C=O) groups excluding carboxylic acids is 1. The number of hydrogen-bond donors (Lipinski definition) is 2. The van der Waals surface area contributed by atoms with E-state index in [0.717, 1.165) is 48.7 Å². The predicted octanol–water partition coefficient (Wildman–Crippen LogP) is 2.18. The number of hydrogen-bond acceptors (Lipinski definition) is 8. The summed E-state index contributed by atoms with van der Waals surface area (Å²) in [5, 5.41) is 14.1. The van der Waals surface area contributed by atoms with Crippen LogP contribution in [0.5, 0.6) is 0 Å². The van der Waals surface area contributed by atoms with Crippen molar-refractivity contribution in [3.8, 4) is 0 Å². The molecule has 2 aromatic heterocycles. The second kappa shape index (κ2) is 8.78. The zero-order valence-corrected chi connectivity index (χ0v) is 16.2. The lowest BCUT2D eigenvalue weighted by atomic mass is 10.0. The topological polar surface area (TPSA) is 109 Å². The Kier molecular flexibility index (Phi) is 5.76. The fourth-order valence-corrected chi connectivity index (χ4v) is 3.36. The number of carbonyl (C=O) groups is 1. The van der Waals surface area contributed by atoms with Crippen LogP contribution in [0.4, 0.5) is 11.4 Å². The van der Waals surface area contributed by atoms with Crippen LogP contribution in [0.15, 0.2) is 47.5 Å². The average molecular weight is 393 g/mol. The van der Waals surface area contributed by atoms with Gasteiger partial charge in [-0.15, -0.1) is 0 Å². The van der Waals surface area contributed by atoms with Crippen molar-refractivity contribution in [2.75, 3.05) is 23.3 Å². The van der Waals surface area contributed by atoms with E-state index >= 15 is 0 Å². The van der Waals surface area contributed by atoms with Crippen molar-refractivity contribution < 1.29 is 9.42 Å². The Hall–Kier alpha value is -3.33. The summed E-state index contributed by atoms with van der Waals surface area (Å²) in [6.45, 7) is 4.52. The third kappa shape index (κ3) is 4.75. The number of amides is 1. The van der Waals surface area contributed by atoms with Gasteiger partial charge >= 0.3 is 0 Å². The van der Waals surface area contributed by atoms with E-state index in [2.05, 4.69) is 35.8 Å². The fraction of sp³-hybridized carbons (Fsp3) is 0.350. The maximum absolute atomic E-state index is 12.2. The molecule has 1 amide bonds. The predicted molar refractivity (Wildman–Crippen MR) is 108 cm³/mol. The van der Waals surface area contributed by atoms with Crippen molar-refractivity contribution >= 4 is 17.3 Å². The number of aryl methyl sites for hydroxylation is 1. The zero-order chi connectivity index (χ0) is 20.1. The van der Waals surface area contributed by atoms with Crippen LogP contribution in [0, 0.1) is 6.92 Å². The molecule has 150 valence electrons. The first-order valence-corrected chi connectivity index (χ1v) is 9.63. The third-order valence-corrected chi connectivity index (χ3v) is 5.09. The molecule has 0 aliphatic carbocycles. The van der Waals surface area contributed by atoms with Crippen LogP contribution in [-0.2, 0) is 6.54 Å². The summed E-state index contributed by atoms with van der Waals surface area (Å²) >= 11 is 0. The molecule has 1 fully saturated rings. The van der Waals surface area contributed by atoms with Gasteiger partial charge in [-0.2, -0.15) is 0 Å². The van der Waals surface area contributed by atoms with Crippen LogP contribution in [0.3, 0.4) is 0 Å². The fourth-order valence-electron chi connectivity index (χ4n) is 3.36. The van der Waals surface area contributed by atoms with E-state index in [9.17, 15) is 4.79 Å². The van der Waals surface area contributed by atoms with Crippen LogP contribution >= 0.6 is 0 Å². The molecule has 0 radical (unpaired) electrons. The maximum Gasteiger partial charge on any atom is 0.275 e. The molecule has 0 saturated carbocycles. The van der Waals surface area contributed by atoms with E-state index in [1.54, 1.807) is 0 Å². The van der Waals surface area contributed by atoms with Gasteiger partial charge in [0.2, 0.25) is 0 Å². The van der Waals surface area contributed by atoms with Crippen molar-refractivity contribution in [3.63, 3.8) is 0 Å². The zero-order valence-electron chi connectivity index (χ0n) is 16.2. The molecule has 29 heavy (non-hydrogen) atoms. The Labute approximate surface area is 168 Å². The first-order valence-electron chi connectivity index (χ1n) is 9.63. The quantitative estimate of drug-likeness (QED) is 0.656. The summed E-state index contributed by atoms with van der Waals surface area (Å²) in [7, 11) is 0. The van der Waals surface area contributed by atoms with E-state index in [-0.39, 0.29) is 5.91 Å². The molecule has 1 aliphatic heterocycles. The van der Waals surface area contributed by atoms with Crippen molar-refractivity contribution in [1.29, 1.82) is 0 Å². The van der Waals surface area contributed by atoms with Crippen LogP contribution in [0.2, 0.25) is 0 Å². The van der Waals surface area contributed by atoms with Gasteiger partial charge in [-0.25, -0.2) is 9.61 Å². The first kappa shape index (κ1) is 19.0. The van der Waals surface area contributed by atoms with Crippen molar-refractivity contribution in [3.05, 3.63) is 59.9 Å². The molecule has 0 spiro atoms. The minimum absolute atomic E-state index is 0.268. The maximum atomic E-state index is 12.2. The molecular formula is C20H23N7O2. The van der Waals surface area contributed by atoms with E-state index in [0.29, 0.717) is 18.3 Å². The number of benzene rings is 1. The average Bonchev–Trinajstić information content (AvgIpc) is 3.18. The minimum atomic E-state index is -0.268. The molecule has 9 nitrogen and oxygen atoms in total. The SMILES string of the molecule is Cc1nonc1CNC1CCN(c2ccc(NC(=O)c3cnccn3)cc2)CC1. The molecule has 2 N–H and O–H groups in total. The van der Waals surface area contributed by atoms with Crippen molar-refractivity contribution in [2.45, 2.75) is 32.4 Å². The van der Waals surface area contributed by atoms with Gasteiger partial charge in [-0.1, -0.05) is 10.3 Å². The summed E-state index contributed by atoms with van der Waals surface area (Å²) in [4.78, 5) is 22.4. The van der Waals surface area contributed by atoms with Crippen LogP contribution in [-0.4, -0.2) is 45.3 Å². The first-order chi connectivity index (χ1) is 14.2. The third-order valence-electron chi connectivity index (χ3n) is 5.09. The molecule has 0 bridgehead atoms. The van der Waals surface area contributed by atoms with E-state index < -0.39 is 0 Å². The summed E-state index contributed by atoms with van der Waals surface area (Å²) in [5.41, 5.74) is 3.88. The highest BCUT2D eigenvalue weighted by molar-refractivity contribution is 6.02. The largest absolute Gasteiger partial charge is 0.371 e. The van der Waals surface area contributed by atoms with Gasteiger partial charge in [0, 0.05) is 49.4 Å². The summed E-state index contributed by atoms with van der Waals surface area (Å²) < 4.78 is 4.74. The van der Waals surface area contributed by atoms with Crippen molar-refractivity contribution in [2.24, 2.45) is 0 Å². The van der Waals surface area contributed by atoms with Gasteiger partial charge < -0.3 is 15.5 Å². The van der Waals surface area contributed by atoms with Gasteiger partial charge in [0.25, 0.3) is 5.91 Å². The lowest BCUT2D eigenvalue weighted by molar-refractivity contribution is 0.102. The molecule has 1 aromatic carbocycles. The molecular weight excluding hydrogens is 370 g/mol. The standard InChI is InChI=1S/C20H23N7O2/c1-14-18(26-29-25-14)13-23-15-6-10-27(11-7-15)17-4-2-16(3-5-17)24-20(28)19-12-21-8-9-22-19/h2-5,8-9,12,15,23H,6-7,10-11,13H2,1H3,(H,24,28). The summed E-state index contributed by atoms with van der Waals surface area (Å²) in [5.74, 6) is -0.268. The smallest absolute Gasteiger partial charge is 0.275 e. The number of nitrogens with zero attached hydrogens (tertiary/aromatic N) is 5. The number of nitrogens with one attached hydrogen (secondary N) is 2. The lowest BCUT2D eigenvalue weighted by Gasteiger charge is -2.34. The Balaban J connectivity index is 1.27. The number of rotatable bonds is 6. The van der Waals surface area contributed by atoms with Gasteiger partial charge in [0.05, 0.1) is 6.20 Å². The van der Waals surface area contributed by atoms with Crippen molar-refractivity contribution in [1.82, 2.24) is 25.6 Å². The number of anilines is 2. The molecule has 1 aliphatic rings. The molecule has 3 aromatic rings. The van der Waals surface area contributed by atoms with Gasteiger partial charge in [0.1, 0.15) is 17.1 Å². The minimum Gasteiger partial charge on any atom is -0.371 e. The second-order valence-corrected chi connectivity index (χ2v) is 7.03. The monoisotopic (exact) mass is 393 g/mol. The lowest BCUT2D eigenvalue weighted by Crippen LogP contribution is -2.42. The van der Waals surface area contributed by atoms with E-state index in [1.165, 1.54) is 18.6 Å². The number of aromatic nitrogens is 4. The molecule has 0 unspecified atom stereocenters. The molecule has 3 heterocycles. The van der Waals surface area contributed by atoms with Crippen LogP contribution in [0.1, 0.15) is 34.7 Å². The highest BCUT2D eigenvalue weighted by Crippen LogP contribution is 2.22. The molecule has 9 heteroatoms. The normalized spacial score (nSPS) is 14.7.